The third kappa shape index (κ3) is 1.25. The van der Waals surface area contributed by atoms with Crippen LogP contribution in [0.15, 0.2) is 42.5 Å². The van der Waals surface area contributed by atoms with Crippen LogP contribution in [0.4, 0.5) is 0 Å². The molecular formula is C15H12O3. The smallest absolute Gasteiger partial charge is 0.344 e. The van der Waals surface area contributed by atoms with Crippen LogP contribution in [0.25, 0.3) is 16.8 Å². The predicted molar refractivity (Wildman–Crippen MR) is 69.3 cm³/mol. The zero-order chi connectivity index (χ0) is 12.8. The number of methoxy groups -OCH3 is 1. The average Bonchev–Trinajstić information content (AvgIpc) is 2.79. The van der Waals surface area contributed by atoms with Crippen molar-refractivity contribution in [1.82, 2.24) is 0 Å². The van der Waals surface area contributed by atoms with E-state index < -0.39 is 11.6 Å². The second kappa shape index (κ2) is 3.68. The lowest BCUT2D eigenvalue weighted by Crippen LogP contribution is -2.34. The van der Waals surface area contributed by atoms with E-state index in [1.165, 1.54) is 7.11 Å². The molecule has 0 unspecified atom stereocenters. The van der Waals surface area contributed by atoms with Crippen LogP contribution in [0.3, 0.4) is 0 Å². The molecule has 3 heteroatoms. The molecule has 0 saturated heterocycles. The number of carbonyl (C=O) groups is 1. The number of fused-ring (bicyclic) bond motifs is 3. The third-order valence-electron chi connectivity index (χ3n) is 3.47. The molecule has 2 aromatic rings. The van der Waals surface area contributed by atoms with Gasteiger partial charge in [-0.15, -0.1) is 0 Å². The number of benzene rings is 2. The highest BCUT2D eigenvalue weighted by molar-refractivity contribution is 5.99. The summed E-state index contributed by atoms with van der Waals surface area (Å²) in [5, 5.41) is 11.4. The van der Waals surface area contributed by atoms with Crippen molar-refractivity contribution in [2.45, 2.75) is 5.60 Å². The summed E-state index contributed by atoms with van der Waals surface area (Å²) >= 11 is 0. The maximum absolute atomic E-state index is 11.6. The van der Waals surface area contributed by atoms with Gasteiger partial charge in [-0.3, -0.25) is 0 Å². The first-order valence-corrected chi connectivity index (χ1v) is 5.69. The van der Waals surface area contributed by atoms with Crippen molar-refractivity contribution in [3.05, 3.63) is 53.6 Å². The molecule has 0 saturated carbocycles. The average molecular weight is 240 g/mol. The molecule has 1 atom stereocenters. The summed E-state index contributed by atoms with van der Waals surface area (Å²) in [6.45, 7) is 0. The summed E-state index contributed by atoms with van der Waals surface area (Å²) < 4.78 is 5.31. The largest absolute Gasteiger partial charge is 0.479 e. The monoisotopic (exact) mass is 240 g/mol. The molecule has 0 fully saturated rings. The maximum atomic E-state index is 11.6. The molecule has 0 bridgehead atoms. The third-order valence-corrected chi connectivity index (χ3v) is 3.47. The Morgan fingerprint density at radius 1 is 1.22 bits per heavy atom. The van der Waals surface area contributed by atoms with E-state index in [-0.39, 0.29) is 0 Å². The number of hydrogen-bond donors (Lipinski definition) is 1. The Labute approximate surface area is 104 Å². The van der Waals surface area contributed by atoms with E-state index in [0.29, 0.717) is 0 Å². The SMILES string of the molecule is CO[C@]1(C(=O)O)C=Cc2ccc3ccccc3c21. The fourth-order valence-corrected chi connectivity index (χ4v) is 2.57. The first-order valence-electron chi connectivity index (χ1n) is 5.69. The minimum atomic E-state index is -1.36. The molecule has 0 spiro atoms. The molecule has 0 aliphatic heterocycles. The number of hydrogen-bond acceptors (Lipinski definition) is 2. The summed E-state index contributed by atoms with van der Waals surface area (Å²) in [7, 11) is 1.43. The van der Waals surface area contributed by atoms with Crippen molar-refractivity contribution < 1.29 is 14.6 Å². The summed E-state index contributed by atoms with van der Waals surface area (Å²) in [6.07, 6.45) is 3.41. The van der Waals surface area contributed by atoms with Crippen LogP contribution in [0.2, 0.25) is 0 Å². The summed E-state index contributed by atoms with van der Waals surface area (Å²) in [5.41, 5.74) is 0.254. The molecule has 1 aliphatic carbocycles. The topological polar surface area (TPSA) is 46.5 Å². The molecule has 1 N–H and O–H groups in total. The zero-order valence-electron chi connectivity index (χ0n) is 9.88. The normalized spacial score (nSPS) is 21.2. The van der Waals surface area contributed by atoms with Crippen molar-refractivity contribution in [1.29, 1.82) is 0 Å². The van der Waals surface area contributed by atoms with Crippen LogP contribution >= 0.6 is 0 Å². The number of carboxylic acids is 1. The summed E-state index contributed by atoms with van der Waals surface area (Å²) in [6, 6.07) is 11.7. The fraction of sp³-hybridized carbons (Fsp3) is 0.133. The van der Waals surface area contributed by atoms with Crippen LogP contribution in [0.5, 0.6) is 0 Å². The quantitative estimate of drug-likeness (QED) is 0.878. The van der Waals surface area contributed by atoms with Gasteiger partial charge in [-0.05, 0) is 22.4 Å². The molecular weight excluding hydrogens is 228 g/mol. The van der Waals surface area contributed by atoms with E-state index in [1.807, 2.05) is 36.4 Å². The number of carboxylic acid groups (broad SMARTS) is 1. The van der Waals surface area contributed by atoms with Gasteiger partial charge in [0.25, 0.3) is 0 Å². The first-order chi connectivity index (χ1) is 8.69. The van der Waals surface area contributed by atoms with Gasteiger partial charge < -0.3 is 9.84 Å². The van der Waals surface area contributed by atoms with E-state index in [2.05, 4.69) is 0 Å². The van der Waals surface area contributed by atoms with E-state index >= 15 is 0 Å². The van der Waals surface area contributed by atoms with E-state index in [1.54, 1.807) is 12.2 Å². The molecule has 0 amide bonds. The molecule has 0 heterocycles. The molecule has 3 rings (SSSR count). The first kappa shape index (κ1) is 11.0. The Bertz CT molecular complexity index is 672. The second-order valence-electron chi connectivity index (χ2n) is 4.33. The number of ether oxygens (including phenoxy) is 1. The van der Waals surface area contributed by atoms with Crippen molar-refractivity contribution in [2.24, 2.45) is 0 Å². The van der Waals surface area contributed by atoms with Gasteiger partial charge >= 0.3 is 5.97 Å². The molecule has 0 radical (unpaired) electrons. The molecule has 0 aromatic heterocycles. The van der Waals surface area contributed by atoms with Gasteiger partial charge in [-0.25, -0.2) is 4.79 Å². The number of rotatable bonds is 2. The van der Waals surface area contributed by atoms with Gasteiger partial charge in [0.2, 0.25) is 5.60 Å². The molecule has 2 aromatic carbocycles. The van der Waals surface area contributed by atoms with Gasteiger partial charge in [-0.1, -0.05) is 42.5 Å². The van der Waals surface area contributed by atoms with Gasteiger partial charge in [0.1, 0.15) is 0 Å². The van der Waals surface area contributed by atoms with Crippen LogP contribution in [-0.4, -0.2) is 18.2 Å². The van der Waals surface area contributed by atoms with Crippen LogP contribution < -0.4 is 0 Å². The highest BCUT2D eigenvalue weighted by Crippen LogP contribution is 2.41. The zero-order valence-corrected chi connectivity index (χ0v) is 9.88. The van der Waals surface area contributed by atoms with Gasteiger partial charge in [0.05, 0.1) is 0 Å². The molecule has 90 valence electrons. The second-order valence-corrected chi connectivity index (χ2v) is 4.33. The predicted octanol–water partition coefficient (Wildman–Crippen LogP) is 2.79. The molecule has 1 aliphatic rings. The van der Waals surface area contributed by atoms with Crippen LogP contribution in [0, 0.1) is 0 Å². The Balaban J connectivity index is 2.41. The summed E-state index contributed by atoms with van der Waals surface area (Å²) in [5.74, 6) is -0.989. The van der Waals surface area contributed by atoms with Crippen LogP contribution in [-0.2, 0) is 15.1 Å². The lowest BCUT2D eigenvalue weighted by Gasteiger charge is -2.24. The van der Waals surface area contributed by atoms with Crippen LogP contribution in [0.1, 0.15) is 11.1 Å². The lowest BCUT2D eigenvalue weighted by atomic mass is 9.90. The minimum Gasteiger partial charge on any atom is -0.479 e. The van der Waals surface area contributed by atoms with Gasteiger partial charge in [-0.2, -0.15) is 0 Å². The van der Waals surface area contributed by atoms with E-state index in [0.717, 1.165) is 21.9 Å². The Morgan fingerprint density at radius 2 is 2.00 bits per heavy atom. The van der Waals surface area contributed by atoms with Gasteiger partial charge in [0.15, 0.2) is 0 Å². The Hall–Kier alpha value is -2.13. The van der Waals surface area contributed by atoms with Gasteiger partial charge in [0, 0.05) is 12.7 Å². The molecule has 3 nitrogen and oxygen atoms in total. The van der Waals surface area contributed by atoms with Crippen molar-refractivity contribution in [2.75, 3.05) is 7.11 Å². The summed E-state index contributed by atoms with van der Waals surface area (Å²) in [4.78, 5) is 11.6. The van der Waals surface area contributed by atoms with E-state index in [9.17, 15) is 9.90 Å². The Kier molecular flexibility index (Phi) is 2.25. The fourth-order valence-electron chi connectivity index (χ4n) is 2.57. The highest BCUT2D eigenvalue weighted by Gasteiger charge is 2.43. The number of aliphatic carboxylic acids is 1. The van der Waals surface area contributed by atoms with E-state index in [4.69, 9.17) is 4.74 Å². The highest BCUT2D eigenvalue weighted by atomic mass is 16.5. The Morgan fingerprint density at radius 3 is 2.72 bits per heavy atom. The standard InChI is InChI=1S/C15H12O3/c1-18-15(14(16)17)9-8-11-7-6-10-4-2-3-5-12(10)13(11)15/h2-9H,1H3,(H,16,17)/t15-/m1/s1. The lowest BCUT2D eigenvalue weighted by molar-refractivity contribution is -0.157. The molecule has 18 heavy (non-hydrogen) atoms. The van der Waals surface area contributed by atoms with Crippen molar-refractivity contribution >= 4 is 22.8 Å². The van der Waals surface area contributed by atoms with Crippen molar-refractivity contribution in [3.8, 4) is 0 Å². The maximum Gasteiger partial charge on any atom is 0.344 e. The van der Waals surface area contributed by atoms with Crippen molar-refractivity contribution in [3.63, 3.8) is 0 Å². The minimum absolute atomic E-state index is 0.718.